The van der Waals surface area contributed by atoms with Crippen LogP contribution in [0.5, 0.6) is 0 Å². The zero-order valence-corrected chi connectivity index (χ0v) is 26.1. The third-order valence-corrected chi connectivity index (χ3v) is 8.51. The molecule has 240 valence electrons. The predicted octanol–water partition coefficient (Wildman–Crippen LogP) is 4.99. The van der Waals surface area contributed by atoms with E-state index >= 15 is 0 Å². The highest BCUT2D eigenvalue weighted by molar-refractivity contribution is 5.79. The van der Waals surface area contributed by atoms with Crippen LogP contribution in [0.25, 0.3) is 28.2 Å². The number of rotatable bonds is 8. The lowest BCUT2D eigenvalue weighted by molar-refractivity contribution is 0.0487. The van der Waals surface area contributed by atoms with Crippen LogP contribution >= 0.6 is 0 Å². The first-order valence-corrected chi connectivity index (χ1v) is 15.6. The molecule has 46 heavy (non-hydrogen) atoms. The average Bonchev–Trinajstić information content (AvgIpc) is 3.65. The second kappa shape index (κ2) is 12.7. The zero-order chi connectivity index (χ0) is 32.4. The van der Waals surface area contributed by atoms with Gasteiger partial charge in [0.25, 0.3) is 0 Å². The summed E-state index contributed by atoms with van der Waals surface area (Å²) in [5, 5.41) is 40.8. The van der Waals surface area contributed by atoms with Crippen LogP contribution < -0.4 is 16.0 Å². The Morgan fingerprint density at radius 1 is 1.09 bits per heavy atom. The number of carbonyl (C=O) groups is 2. The molecular weight excluding hydrogens is 588 g/mol. The molecule has 0 spiro atoms. The van der Waals surface area contributed by atoms with Crippen molar-refractivity contribution in [2.45, 2.75) is 83.0 Å². The van der Waals surface area contributed by atoms with Gasteiger partial charge in [0.15, 0.2) is 0 Å². The fourth-order valence-corrected chi connectivity index (χ4v) is 6.18. The molecule has 4 heterocycles. The van der Waals surface area contributed by atoms with Gasteiger partial charge in [-0.05, 0) is 89.5 Å². The molecule has 0 aliphatic heterocycles. The van der Waals surface area contributed by atoms with Gasteiger partial charge in [-0.25, -0.2) is 18.8 Å². The van der Waals surface area contributed by atoms with E-state index in [1.165, 1.54) is 6.20 Å². The van der Waals surface area contributed by atoms with Crippen molar-refractivity contribution in [1.29, 1.82) is 5.26 Å². The molecule has 4 N–H and O–H groups in total. The molecule has 0 radical (unpaired) electrons. The molecule has 2 aliphatic carbocycles. The first-order valence-electron chi connectivity index (χ1n) is 15.6. The minimum Gasteiger partial charge on any atom is -0.465 e. The van der Waals surface area contributed by atoms with Crippen molar-refractivity contribution in [1.82, 2.24) is 40.2 Å². The van der Waals surface area contributed by atoms with Crippen molar-refractivity contribution in [3.8, 4) is 28.7 Å². The molecule has 0 aromatic carbocycles. The normalized spacial score (nSPS) is 21.2. The number of hydrogen-bond acceptors (Lipinski definition) is 9. The molecule has 14 nitrogen and oxygen atoms in total. The van der Waals surface area contributed by atoms with E-state index in [9.17, 15) is 14.9 Å². The second-order valence-electron chi connectivity index (χ2n) is 13.1. The Morgan fingerprint density at radius 2 is 1.87 bits per heavy atom. The van der Waals surface area contributed by atoms with Crippen LogP contribution in [0.4, 0.5) is 15.3 Å². The first-order chi connectivity index (χ1) is 22.0. The second-order valence-corrected chi connectivity index (χ2v) is 13.1. The summed E-state index contributed by atoms with van der Waals surface area (Å²) in [6.45, 7) is 5.98. The summed E-state index contributed by atoms with van der Waals surface area (Å²) >= 11 is 0. The topological polar surface area (TPSA) is 184 Å². The fourth-order valence-electron chi connectivity index (χ4n) is 6.18. The Hall–Kier alpha value is -5.19. The third-order valence-electron chi connectivity index (χ3n) is 8.51. The Morgan fingerprint density at radius 3 is 2.59 bits per heavy atom. The molecule has 2 aliphatic rings. The maximum absolute atomic E-state index is 12.2. The Bertz CT molecular complexity index is 1770. The third kappa shape index (κ3) is 7.03. The summed E-state index contributed by atoms with van der Waals surface area (Å²) < 4.78 is 9.08. The van der Waals surface area contributed by atoms with Crippen LogP contribution in [0.15, 0.2) is 42.9 Å². The number of anilines is 1. The summed E-state index contributed by atoms with van der Waals surface area (Å²) in [5.41, 5.74) is 4.57. The molecule has 0 unspecified atom stereocenters. The van der Waals surface area contributed by atoms with E-state index in [4.69, 9.17) is 14.8 Å². The van der Waals surface area contributed by atoms with E-state index in [0.29, 0.717) is 23.5 Å². The molecule has 0 bridgehead atoms. The molecule has 14 heteroatoms. The number of pyridine rings is 1. The number of nitriles is 1. The van der Waals surface area contributed by atoms with Gasteiger partial charge < -0.3 is 25.8 Å². The lowest BCUT2D eigenvalue weighted by Crippen LogP contribution is -2.41. The molecule has 2 fully saturated rings. The zero-order valence-electron chi connectivity index (χ0n) is 26.1. The summed E-state index contributed by atoms with van der Waals surface area (Å²) in [7, 11) is 0. The molecule has 0 atom stereocenters. The van der Waals surface area contributed by atoms with Crippen molar-refractivity contribution < 1.29 is 19.4 Å². The maximum atomic E-state index is 12.2. The number of nitrogens with zero attached hydrogens (tertiary/aromatic N) is 7. The number of fused-ring (bicyclic) bond motifs is 1. The van der Waals surface area contributed by atoms with Gasteiger partial charge in [-0.1, -0.05) is 5.21 Å². The van der Waals surface area contributed by atoms with E-state index in [2.05, 4.69) is 37.4 Å². The standard InChI is InChI=1S/C32H38N10O4/c1-32(2,3)46-31(45)38-21-4-6-23(7-5-21)41-18-28(39-40-41)25-17-34-27(29-9-8-24-12-20(14-33)16-36-42(24)29)13-26(25)37-22-10-19(11-22)15-35-30(43)44/h8-9,12-13,16-19,21-23,35H,4-7,10-11,15H2,1-3H3,(H,34,37)(H,38,45)(H,43,44)/t19-,21-,22-,23-. The van der Waals surface area contributed by atoms with Gasteiger partial charge in [-0.2, -0.15) is 10.4 Å². The largest absolute Gasteiger partial charge is 0.465 e. The SMILES string of the molecule is CC(C)(C)OC(=O)N[C@H]1CC[C@H](n2cc(-c3cnc(-c4ccc5cc(C#N)cnn45)cc3N[C@H]3C[C@H](CNC(=O)O)C3)nn2)CC1. The number of nitrogens with one attached hydrogen (secondary N) is 3. The fraction of sp³-hybridized carbons (Fsp3) is 0.469. The first kappa shape index (κ1) is 30.8. The minimum atomic E-state index is -1.01. The van der Waals surface area contributed by atoms with Gasteiger partial charge in [-0.15, -0.1) is 5.10 Å². The highest BCUT2D eigenvalue weighted by Crippen LogP contribution is 2.36. The summed E-state index contributed by atoms with van der Waals surface area (Å²) in [4.78, 5) is 27.9. The van der Waals surface area contributed by atoms with Crippen LogP contribution in [-0.4, -0.2) is 71.1 Å². The average molecular weight is 627 g/mol. The number of aromatic nitrogens is 6. The van der Waals surface area contributed by atoms with E-state index < -0.39 is 11.7 Å². The Kier molecular flexibility index (Phi) is 8.48. The quantitative estimate of drug-likeness (QED) is 0.208. The van der Waals surface area contributed by atoms with E-state index in [0.717, 1.165) is 61.0 Å². The number of hydrogen-bond donors (Lipinski definition) is 4. The monoisotopic (exact) mass is 626 g/mol. The van der Waals surface area contributed by atoms with Crippen molar-refractivity contribution in [2.75, 3.05) is 11.9 Å². The lowest BCUT2D eigenvalue weighted by atomic mass is 9.80. The van der Waals surface area contributed by atoms with Gasteiger partial charge in [0.2, 0.25) is 0 Å². The smallest absolute Gasteiger partial charge is 0.407 e. The molecule has 0 saturated heterocycles. The molecule has 4 aromatic rings. The van der Waals surface area contributed by atoms with Crippen molar-refractivity contribution in [2.24, 2.45) is 5.92 Å². The van der Waals surface area contributed by atoms with Crippen molar-refractivity contribution in [3.05, 3.63) is 48.4 Å². The van der Waals surface area contributed by atoms with E-state index in [-0.39, 0.29) is 30.1 Å². The number of carboxylic acid groups (broad SMARTS) is 1. The van der Waals surface area contributed by atoms with Crippen LogP contribution in [0.1, 0.15) is 70.9 Å². The number of alkyl carbamates (subject to hydrolysis) is 1. The van der Waals surface area contributed by atoms with Gasteiger partial charge in [0.1, 0.15) is 17.4 Å². The van der Waals surface area contributed by atoms with E-state index in [1.807, 2.05) is 49.8 Å². The van der Waals surface area contributed by atoms with Crippen LogP contribution in [-0.2, 0) is 4.74 Å². The Labute approximate surface area is 266 Å². The van der Waals surface area contributed by atoms with Crippen molar-refractivity contribution >= 4 is 23.4 Å². The number of ether oxygens (including phenoxy) is 1. The van der Waals surface area contributed by atoms with Gasteiger partial charge in [0, 0.05) is 36.1 Å². The van der Waals surface area contributed by atoms with Crippen LogP contribution in [0.2, 0.25) is 0 Å². The van der Waals surface area contributed by atoms with Crippen molar-refractivity contribution in [3.63, 3.8) is 0 Å². The van der Waals surface area contributed by atoms with E-state index in [1.54, 1.807) is 16.8 Å². The summed E-state index contributed by atoms with van der Waals surface area (Å²) in [6, 6.07) is 10.1. The maximum Gasteiger partial charge on any atom is 0.407 e. The summed E-state index contributed by atoms with van der Waals surface area (Å²) in [6.07, 6.45) is 8.86. The highest BCUT2D eigenvalue weighted by Gasteiger charge is 2.31. The van der Waals surface area contributed by atoms with Gasteiger partial charge in [-0.3, -0.25) is 4.98 Å². The minimum absolute atomic E-state index is 0.0600. The lowest BCUT2D eigenvalue weighted by Gasteiger charge is -2.36. The summed E-state index contributed by atoms with van der Waals surface area (Å²) in [5.74, 6) is 0.271. The highest BCUT2D eigenvalue weighted by atomic mass is 16.6. The van der Waals surface area contributed by atoms with Crippen LogP contribution in [0, 0.1) is 17.2 Å². The molecular formula is C32H38N10O4. The molecule has 6 rings (SSSR count). The molecule has 2 amide bonds. The number of amides is 2. The van der Waals surface area contributed by atoms with Gasteiger partial charge >= 0.3 is 12.2 Å². The van der Waals surface area contributed by atoms with Crippen LogP contribution in [0.3, 0.4) is 0 Å². The Balaban J connectivity index is 1.20. The predicted molar refractivity (Wildman–Crippen MR) is 169 cm³/mol. The van der Waals surface area contributed by atoms with Gasteiger partial charge in [0.05, 0.1) is 40.9 Å². The number of carbonyl (C=O) groups excluding carboxylic acids is 1. The molecule has 4 aromatic heterocycles. The molecule has 2 saturated carbocycles.